The predicted octanol–water partition coefficient (Wildman–Crippen LogP) is 2.80. The Morgan fingerprint density at radius 3 is 3.06 bits per heavy atom. The molecule has 2 heterocycles. The van der Waals surface area contributed by atoms with Crippen molar-refractivity contribution in [3.05, 3.63) is 24.3 Å². The quantitative estimate of drug-likeness (QED) is 0.857. The molecule has 0 bridgehead atoms. The van der Waals surface area contributed by atoms with Crippen LogP contribution in [0.5, 0.6) is 0 Å². The summed E-state index contributed by atoms with van der Waals surface area (Å²) in [5.41, 5.74) is 2.21. The number of aromatic amines is 1. The number of nitrogens with zero attached hydrogens (tertiary/aromatic N) is 1. The molecule has 1 aromatic carbocycles. The highest BCUT2D eigenvalue weighted by atomic mass is 32.2. The van der Waals surface area contributed by atoms with E-state index in [9.17, 15) is 0 Å². The Kier molecular flexibility index (Phi) is 3.34. The highest BCUT2D eigenvalue weighted by molar-refractivity contribution is 7.99. The maximum Gasteiger partial charge on any atom is 0.166 e. The molecular weight excluding hydrogens is 230 g/mol. The third-order valence-electron chi connectivity index (χ3n) is 3.17. The van der Waals surface area contributed by atoms with Crippen LogP contribution in [0.3, 0.4) is 0 Å². The summed E-state index contributed by atoms with van der Waals surface area (Å²) >= 11 is 1.90. The lowest BCUT2D eigenvalue weighted by molar-refractivity contribution is 0.703. The van der Waals surface area contributed by atoms with Crippen LogP contribution in [0.25, 0.3) is 11.0 Å². The van der Waals surface area contributed by atoms with Crippen molar-refractivity contribution < 1.29 is 0 Å². The number of rotatable bonds is 2. The zero-order valence-corrected chi connectivity index (χ0v) is 10.6. The van der Waals surface area contributed by atoms with E-state index >= 15 is 0 Å². The van der Waals surface area contributed by atoms with E-state index < -0.39 is 0 Å². The first-order valence-electron chi connectivity index (χ1n) is 6.24. The van der Waals surface area contributed by atoms with Gasteiger partial charge in [0.1, 0.15) is 0 Å². The van der Waals surface area contributed by atoms with Gasteiger partial charge in [0.2, 0.25) is 0 Å². The number of aromatic nitrogens is 2. The normalized spacial score (nSPS) is 21.5. The summed E-state index contributed by atoms with van der Waals surface area (Å²) in [4.78, 5) is 8.02. The second-order valence-corrected chi connectivity index (χ2v) is 5.77. The number of fused-ring (bicyclic) bond motifs is 1. The highest BCUT2D eigenvalue weighted by Crippen LogP contribution is 2.28. The zero-order valence-electron chi connectivity index (χ0n) is 9.78. The van der Waals surface area contributed by atoms with E-state index in [2.05, 4.69) is 27.4 Å². The van der Waals surface area contributed by atoms with E-state index in [1.807, 2.05) is 23.9 Å². The maximum atomic E-state index is 4.62. The summed E-state index contributed by atoms with van der Waals surface area (Å²) in [7, 11) is 0. The SMILES string of the molecule is c1ccc2[nH]c(SC3CCCNCC3)nc2c1. The lowest BCUT2D eigenvalue weighted by Gasteiger charge is -2.10. The number of H-pyrrole nitrogens is 1. The molecule has 17 heavy (non-hydrogen) atoms. The van der Waals surface area contributed by atoms with Crippen molar-refractivity contribution in [2.24, 2.45) is 0 Å². The highest BCUT2D eigenvalue weighted by Gasteiger charge is 2.15. The van der Waals surface area contributed by atoms with E-state index in [1.165, 1.54) is 19.3 Å². The average Bonchev–Trinajstić information content (AvgIpc) is 2.57. The molecule has 1 unspecified atom stereocenters. The van der Waals surface area contributed by atoms with Gasteiger partial charge < -0.3 is 10.3 Å². The molecule has 1 aliphatic heterocycles. The predicted molar refractivity (Wildman–Crippen MR) is 72.5 cm³/mol. The fraction of sp³-hybridized carbons (Fsp3) is 0.462. The molecule has 0 radical (unpaired) electrons. The molecule has 0 saturated carbocycles. The van der Waals surface area contributed by atoms with Gasteiger partial charge in [0.15, 0.2) is 5.16 Å². The van der Waals surface area contributed by atoms with Gasteiger partial charge in [0.25, 0.3) is 0 Å². The van der Waals surface area contributed by atoms with Crippen LogP contribution in [0, 0.1) is 0 Å². The Bertz CT molecular complexity index is 453. The number of hydrogen-bond donors (Lipinski definition) is 2. The van der Waals surface area contributed by atoms with E-state index in [0.29, 0.717) is 5.25 Å². The standard InChI is InChI=1S/C13H17N3S/c1-2-6-12-11(5-1)15-13(16-12)17-10-4-3-8-14-9-7-10/h1-2,5-6,10,14H,3-4,7-9H2,(H,15,16). The molecule has 1 aliphatic rings. The minimum absolute atomic E-state index is 0.700. The molecule has 1 saturated heterocycles. The molecule has 0 amide bonds. The molecule has 90 valence electrons. The molecular formula is C13H17N3S. The fourth-order valence-electron chi connectivity index (χ4n) is 2.25. The Morgan fingerprint density at radius 2 is 2.12 bits per heavy atom. The van der Waals surface area contributed by atoms with Gasteiger partial charge in [-0.05, 0) is 44.5 Å². The Hall–Kier alpha value is -1.00. The van der Waals surface area contributed by atoms with Crippen molar-refractivity contribution in [1.29, 1.82) is 0 Å². The lowest BCUT2D eigenvalue weighted by atomic mass is 10.2. The molecule has 2 N–H and O–H groups in total. The van der Waals surface area contributed by atoms with Crippen LogP contribution in [-0.4, -0.2) is 28.3 Å². The van der Waals surface area contributed by atoms with Gasteiger partial charge in [0.05, 0.1) is 11.0 Å². The largest absolute Gasteiger partial charge is 0.333 e. The van der Waals surface area contributed by atoms with Gasteiger partial charge >= 0.3 is 0 Å². The summed E-state index contributed by atoms with van der Waals surface area (Å²) < 4.78 is 0. The molecule has 0 aliphatic carbocycles. The van der Waals surface area contributed by atoms with E-state index in [-0.39, 0.29) is 0 Å². The average molecular weight is 247 g/mol. The van der Waals surface area contributed by atoms with Crippen molar-refractivity contribution in [2.75, 3.05) is 13.1 Å². The second kappa shape index (κ2) is 5.10. The molecule has 1 fully saturated rings. The fourth-order valence-corrected chi connectivity index (χ4v) is 3.40. The van der Waals surface area contributed by atoms with Crippen LogP contribution in [0.2, 0.25) is 0 Å². The third-order valence-corrected chi connectivity index (χ3v) is 4.39. The molecule has 1 atom stereocenters. The first-order valence-corrected chi connectivity index (χ1v) is 7.12. The number of hydrogen-bond acceptors (Lipinski definition) is 3. The van der Waals surface area contributed by atoms with Gasteiger partial charge in [-0.15, -0.1) is 0 Å². The van der Waals surface area contributed by atoms with Crippen molar-refractivity contribution in [3.8, 4) is 0 Å². The first-order chi connectivity index (χ1) is 8.42. The Morgan fingerprint density at radius 1 is 1.18 bits per heavy atom. The number of nitrogens with one attached hydrogen (secondary N) is 2. The zero-order chi connectivity index (χ0) is 11.5. The summed E-state index contributed by atoms with van der Waals surface area (Å²) in [6, 6.07) is 8.23. The lowest BCUT2D eigenvalue weighted by Crippen LogP contribution is -2.14. The van der Waals surface area contributed by atoms with Crippen LogP contribution in [0.4, 0.5) is 0 Å². The van der Waals surface area contributed by atoms with Crippen LogP contribution in [0.1, 0.15) is 19.3 Å². The minimum Gasteiger partial charge on any atom is -0.333 e. The van der Waals surface area contributed by atoms with Crippen LogP contribution in [0.15, 0.2) is 29.4 Å². The molecule has 4 heteroatoms. The first kappa shape index (κ1) is 11.1. The van der Waals surface area contributed by atoms with Crippen LogP contribution in [-0.2, 0) is 0 Å². The van der Waals surface area contributed by atoms with Gasteiger partial charge in [-0.1, -0.05) is 23.9 Å². The van der Waals surface area contributed by atoms with Gasteiger partial charge in [-0.25, -0.2) is 4.98 Å². The van der Waals surface area contributed by atoms with Crippen molar-refractivity contribution in [2.45, 2.75) is 29.7 Å². The van der Waals surface area contributed by atoms with Crippen LogP contribution < -0.4 is 5.32 Å². The minimum atomic E-state index is 0.700. The number of thioether (sulfide) groups is 1. The van der Waals surface area contributed by atoms with E-state index in [4.69, 9.17) is 0 Å². The Balaban J connectivity index is 1.75. The van der Waals surface area contributed by atoms with E-state index in [0.717, 1.165) is 29.3 Å². The summed E-state index contributed by atoms with van der Waals surface area (Å²) in [5, 5.41) is 5.21. The van der Waals surface area contributed by atoms with Gasteiger partial charge in [-0.2, -0.15) is 0 Å². The summed E-state index contributed by atoms with van der Waals surface area (Å²) in [5.74, 6) is 0. The molecule has 3 nitrogen and oxygen atoms in total. The maximum absolute atomic E-state index is 4.62. The molecule has 1 aromatic heterocycles. The topological polar surface area (TPSA) is 40.7 Å². The molecule has 3 rings (SSSR count). The molecule has 2 aromatic rings. The van der Waals surface area contributed by atoms with Gasteiger partial charge in [-0.3, -0.25) is 0 Å². The second-order valence-electron chi connectivity index (χ2n) is 4.48. The third kappa shape index (κ3) is 2.64. The Labute approximate surface area is 105 Å². The molecule has 0 spiro atoms. The summed E-state index contributed by atoms with van der Waals surface area (Å²) in [6.07, 6.45) is 3.80. The van der Waals surface area contributed by atoms with E-state index in [1.54, 1.807) is 0 Å². The van der Waals surface area contributed by atoms with Crippen molar-refractivity contribution in [3.63, 3.8) is 0 Å². The number of imidazole rings is 1. The van der Waals surface area contributed by atoms with Crippen molar-refractivity contribution >= 4 is 22.8 Å². The van der Waals surface area contributed by atoms with Crippen LogP contribution >= 0.6 is 11.8 Å². The number of para-hydroxylation sites is 2. The van der Waals surface area contributed by atoms with Crippen molar-refractivity contribution in [1.82, 2.24) is 15.3 Å². The summed E-state index contributed by atoms with van der Waals surface area (Å²) in [6.45, 7) is 2.30. The van der Waals surface area contributed by atoms with Gasteiger partial charge in [0, 0.05) is 5.25 Å². The number of benzene rings is 1. The monoisotopic (exact) mass is 247 g/mol. The smallest absolute Gasteiger partial charge is 0.166 e.